The highest BCUT2D eigenvalue weighted by atomic mass is 16.6. The second-order valence-corrected chi connectivity index (χ2v) is 8.32. The molecular formula is C21H30N2O3. The SMILES string of the molecule is Cc1ccc(C2=NO[C@@H](CC3(C(=O)O)CCN(CC(C)C)CC3)C2)cc1. The number of carboxylic acid groups (broad SMARTS) is 1. The third-order valence-corrected chi connectivity index (χ3v) is 5.63. The van der Waals surface area contributed by atoms with Crippen molar-refractivity contribution in [3.8, 4) is 0 Å². The van der Waals surface area contributed by atoms with Crippen LogP contribution in [0.4, 0.5) is 0 Å². The van der Waals surface area contributed by atoms with E-state index < -0.39 is 11.4 Å². The summed E-state index contributed by atoms with van der Waals surface area (Å²) in [6.45, 7) is 9.20. The Balaban J connectivity index is 1.60. The van der Waals surface area contributed by atoms with E-state index in [9.17, 15) is 9.90 Å². The Kier molecular flexibility index (Phi) is 5.66. The molecule has 26 heavy (non-hydrogen) atoms. The number of likely N-dealkylation sites (tertiary alicyclic amines) is 1. The summed E-state index contributed by atoms with van der Waals surface area (Å²) in [6, 6.07) is 8.23. The summed E-state index contributed by atoms with van der Waals surface area (Å²) in [4.78, 5) is 20.1. The summed E-state index contributed by atoms with van der Waals surface area (Å²) < 4.78 is 0. The van der Waals surface area contributed by atoms with Gasteiger partial charge in [-0.25, -0.2) is 0 Å². The molecule has 1 N–H and O–H groups in total. The molecule has 1 fully saturated rings. The number of aliphatic carboxylic acids is 1. The molecule has 2 heterocycles. The molecule has 2 aliphatic heterocycles. The van der Waals surface area contributed by atoms with E-state index in [-0.39, 0.29) is 6.10 Å². The van der Waals surface area contributed by atoms with Crippen LogP contribution in [-0.4, -0.2) is 47.4 Å². The number of nitrogens with zero attached hydrogens (tertiary/aromatic N) is 2. The molecule has 0 radical (unpaired) electrons. The Morgan fingerprint density at radius 1 is 1.31 bits per heavy atom. The molecule has 1 saturated heterocycles. The Morgan fingerprint density at radius 2 is 1.96 bits per heavy atom. The smallest absolute Gasteiger partial charge is 0.309 e. The monoisotopic (exact) mass is 358 g/mol. The van der Waals surface area contributed by atoms with Crippen LogP contribution in [0.2, 0.25) is 0 Å². The fourth-order valence-electron chi connectivity index (χ4n) is 4.08. The van der Waals surface area contributed by atoms with Crippen molar-refractivity contribution in [1.82, 2.24) is 4.90 Å². The summed E-state index contributed by atoms with van der Waals surface area (Å²) in [5, 5.41) is 14.2. The molecule has 0 saturated carbocycles. The third-order valence-electron chi connectivity index (χ3n) is 5.63. The number of hydrogen-bond acceptors (Lipinski definition) is 4. The number of benzene rings is 1. The third kappa shape index (κ3) is 4.26. The van der Waals surface area contributed by atoms with Gasteiger partial charge < -0.3 is 14.8 Å². The van der Waals surface area contributed by atoms with Crippen LogP contribution < -0.4 is 0 Å². The first-order valence-corrected chi connectivity index (χ1v) is 9.63. The predicted octanol–water partition coefficient (Wildman–Crippen LogP) is 3.70. The van der Waals surface area contributed by atoms with Gasteiger partial charge in [0.25, 0.3) is 0 Å². The van der Waals surface area contributed by atoms with Gasteiger partial charge in [0.1, 0.15) is 6.10 Å². The first kappa shape index (κ1) is 18.9. The van der Waals surface area contributed by atoms with Crippen molar-refractivity contribution in [1.29, 1.82) is 0 Å². The zero-order chi connectivity index (χ0) is 18.7. The summed E-state index contributed by atoms with van der Waals surface area (Å²) >= 11 is 0. The quantitative estimate of drug-likeness (QED) is 0.842. The molecule has 0 aromatic heterocycles. The van der Waals surface area contributed by atoms with Gasteiger partial charge in [-0.1, -0.05) is 48.8 Å². The molecule has 3 rings (SSSR count). The van der Waals surface area contributed by atoms with Gasteiger partial charge in [0.05, 0.1) is 11.1 Å². The lowest BCUT2D eigenvalue weighted by Crippen LogP contribution is -2.46. The number of carboxylic acids is 1. The molecule has 5 nitrogen and oxygen atoms in total. The van der Waals surface area contributed by atoms with Crippen LogP contribution in [0.15, 0.2) is 29.4 Å². The Hall–Kier alpha value is -1.88. The van der Waals surface area contributed by atoms with Crippen LogP contribution in [-0.2, 0) is 9.63 Å². The first-order valence-electron chi connectivity index (χ1n) is 9.63. The van der Waals surface area contributed by atoms with Gasteiger partial charge in [-0.3, -0.25) is 4.79 Å². The minimum atomic E-state index is -0.686. The van der Waals surface area contributed by atoms with Gasteiger partial charge in [0.15, 0.2) is 0 Å². The number of hydrogen-bond donors (Lipinski definition) is 1. The van der Waals surface area contributed by atoms with Crippen LogP contribution in [0.25, 0.3) is 0 Å². The summed E-state index contributed by atoms with van der Waals surface area (Å²) in [5.41, 5.74) is 2.51. The molecule has 5 heteroatoms. The Bertz CT molecular complexity index is 658. The van der Waals surface area contributed by atoms with E-state index in [1.54, 1.807) is 0 Å². The van der Waals surface area contributed by atoms with Gasteiger partial charge in [-0.05, 0) is 44.3 Å². The van der Waals surface area contributed by atoms with Crippen LogP contribution in [0.1, 0.15) is 50.7 Å². The van der Waals surface area contributed by atoms with Crippen LogP contribution in [0.3, 0.4) is 0 Å². The number of rotatable bonds is 6. The highest BCUT2D eigenvalue weighted by Gasteiger charge is 2.44. The lowest BCUT2D eigenvalue weighted by atomic mass is 9.73. The highest BCUT2D eigenvalue weighted by Crippen LogP contribution is 2.39. The molecule has 0 bridgehead atoms. The largest absolute Gasteiger partial charge is 0.481 e. The number of aryl methyl sites for hydroxylation is 1. The van der Waals surface area contributed by atoms with Crippen LogP contribution in [0, 0.1) is 18.3 Å². The maximum Gasteiger partial charge on any atom is 0.309 e. The van der Waals surface area contributed by atoms with Crippen molar-refractivity contribution in [3.05, 3.63) is 35.4 Å². The minimum Gasteiger partial charge on any atom is -0.481 e. The zero-order valence-corrected chi connectivity index (χ0v) is 16.1. The maximum atomic E-state index is 12.1. The minimum absolute atomic E-state index is 0.140. The Labute approximate surface area is 156 Å². The van der Waals surface area contributed by atoms with E-state index in [1.165, 1.54) is 5.56 Å². The van der Waals surface area contributed by atoms with Gasteiger partial charge in [-0.2, -0.15) is 0 Å². The fraction of sp³-hybridized carbons (Fsp3) is 0.619. The molecule has 0 spiro atoms. The Morgan fingerprint density at radius 3 is 2.54 bits per heavy atom. The molecule has 0 aliphatic carbocycles. The normalized spacial score (nSPS) is 22.9. The number of carbonyl (C=O) groups is 1. The summed E-state index contributed by atoms with van der Waals surface area (Å²) in [5.74, 6) is -0.0787. The molecule has 2 aliphatic rings. The lowest BCUT2D eigenvalue weighted by Gasteiger charge is -2.40. The van der Waals surface area contributed by atoms with Crippen LogP contribution in [0.5, 0.6) is 0 Å². The molecule has 0 amide bonds. The average Bonchev–Trinajstić information content (AvgIpc) is 3.05. The molecule has 142 valence electrons. The van der Waals surface area contributed by atoms with E-state index in [0.29, 0.717) is 31.6 Å². The average molecular weight is 358 g/mol. The van der Waals surface area contributed by atoms with Gasteiger partial charge in [0.2, 0.25) is 0 Å². The highest BCUT2D eigenvalue weighted by molar-refractivity contribution is 6.01. The van der Waals surface area contributed by atoms with Gasteiger partial charge >= 0.3 is 5.97 Å². The number of oxime groups is 1. The van der Waals surface area contributed by atoms with E-state index in [0.717, 1.165) is 30.9 Å². The molecular weight excluding hydrogens is 328 g/mol. The molecule has 1 aromatic carbocycles. The van der Waals surface area contributed by atoms with Crippen LogP contribution >= 0.6 is 0 Å². The van der Waals surface area contributed by atoms with E-state index in [2.05, 4.69) is 55.1 Å². The molecule has 0 unspecified atom stereocenters. The maximum absolute atomic E-state index is 12.1. The zero-order valence-electron chi connectivity index (χ0n) is 16.1. The van der Waals surface area contributed by atoms with Gasteiger partial charge in [-0.15, -0.1) is 0 Å². The van der Waals surface area contributed by atoms with Crippen molar-refractivity contribution >= 4 is 11.7 Å². The summed E-state index contributed by atoms with van der Waals surface area (Å²) in [7, 11) is 0. The topological polar surface area (TPSA) is 62.1 Å². The van der Waals surface area contributed by atoms with Crippen molar-refractivity contribution in [2.24, 2.45) is 16.5 Å². The predicted molar refractivity (Wildman–Crippen MR) is 102 cm³/mol. The molecule has 1 atom stereocenters. The van der Waals surface area contributed by atoms with Crippen molar-refractivity contribution in [2.75, 3.05) is 19.6 Å². The summed E-state index contributed by atoms with van der Waals surface area (Å²) in [6.07, 6.45) is 2.47. The fourth-order valence-corrected chi connectivity index (χ4v) is 4.08. The second kappa shape index (κ2) is 7.78. The van der Waals surface area contributed by atoms with Gasteiger partial charge in [0, 0.05) is 19.4 Å². The van der Waals surface area contributed by atoms with Crippen molar-refractivity contribution in [2.45, 2.75) is 52.6 Å². The first-order chi connectivity index (χ1) is 12.4. The molecule has 1 aromatic rings. The second-order valence-electron chi connectivity index (χ2n) is 8.32. The van der Waals surface area contributed by atoms with E-state index in [4.69, 9.17) is 4.84 Å². The number of piperidine rings is 1. The van der Waals surface area contributed by atoms with E-state index in [1.807, 2.05) is 0 Å². The van der Waals surface area contributed by atoms with E-state index >= 15 is 0 Å². The standard InChI is InChI=1S/C21H30N2O3/c1-15(2)14-23-10-8-21(9-11-23,20(24)25)13-18-12-19(22-26-18)17-6-4-16(3)5-7-17/h4-7,15,18H,8-14H2,1-3H3,(H,24,25)/t18-/m1/s1. The lowest BCUT2D eigenvalue weighted by molar-refractivity contribution is -0.155. The van der Waals surface area contributed by atoms with Crippen molar-refractivity contribution < 1.29 is 14.7 Å². The van der Waals surface area contributed by atoms with Crippen molar-refractivity contribution in [3.63, 3.8) is 0 Å².